The second kappa shape index (κ2) is 3.85. The van der Waals surface area contributed by atoms with Gasteiger partial charge in [-0.05, 0) is 29.7 Å². The van der Waals surface area contributed by atoms with E-state index in [-0.39, 0.29) is 18.2 Å². The lowest BCUT2D eigenvalue weighted by molar-refractivity contribution is -0.137. The lowest BCUT2D eigenvalue weighted by atomic mass is 9.96. The van der Waals surface area contributed by atoms with Crippen molar-refractivity contribution in [3.63, 3.8) is 0 Å². The molecule has 1 aromatic carbocycles. The first-order chi connectivity index (χ1) is 7.16. The van der Waals surface area contributed by atoms with Crippen molar-refractivity contribution in [3.8, 4) is 0 Å². The van der Waals surface area contributed by atoms with Gasteiger partial charge in [-0.1, -0.05) is 18.2 Å². The van der Waals surface area contributed by atoms with Gasteiger partial charge in [0, 0.05) is 12.3 Å². The SMILES string of the molecule is O=C(O)CCC1C=Cc2cc(F)ccc21. The number of carboxylic acid groups (broad SMARTS) is 1. The summed E-state index contributed by atoms with van der Waals surface area (Å²) in [6.45, 7) is 0. The molecule has 2 nitrogen and oxygen atoms in total. The Morgan fingerprint density at radius 2 is 2.27 bits per heavy atom. The zero-order chi connectivity index (χ0) is 10.8. The fourth-order valence-electron chi connectivity index (χ4n) is 1.88. The molecule has 0 saturated heterocycles. The van der Waals surface area contributed by atoms with Crippen LogP contribution in [-0.2, 0) is 4.79 Å². The fraction of sp³-hybridized carbons (Fsp3) is 0.250. The number of hydrogen-bond donors (Lipinski definition) is 1. The van der Waals surface area contributed by atoms with Crippen molar-refractivity contribution < 1.29 is 14.3 Å². The van der Waals surface area contributed by atoms with E-state index < -0.39 is 5.97 Å². The highest BCUT2D eigenvalue weighted by Crippen LogP contribution is 2.33. The molecule has 1 aliphatic carbocycles. The summed E-state index contributed by atoms with van der Waals surface area (Å²) >= 11 is 0. The van der Waals surface area contributed by atoms with Crippen LogP contribution in [-0.4, -0.2) is 11.1 Å². The Bertz CT molecular complexity index is 424. The highest BCUT2D eigenvalue weighted by Gasteiger charge is 2.18. The van der Waals surface area contributed by atoms with Gasteiger partial charge < -0.3 is 5.11 Å². The van der Waals surface area contributed by atoms with Gasteiger partial charge >= 0.3 is 5.97 Å². The van der Waals surface area contributed by atoms with E-state index in [4.69, 9.17) is 5.11 Å². The number of allylic oxidation sites excluding steroid dienone is 1. The molecule has 1 atom stereocenters. The van der Waals surface area contributed by atoms with Gasteiger partial charge in [0.2, 0.25) is 0 Å². The molecule has 1 aliphatic rings. The van der Waals surface area contributed by atoms with Gasteiger partial charge in [-0.15, -0.1) is 0 Å². The topological polar surface area (TPSA) is 37.3 Å². The van der Waals surface area contributed by atoms with E-state index in [1.165, 1.54) is 12.1 Å². The standard InChI is InChI=1S/C12H11FO2/c13-10-4-5-11-8(3-6-12(14)15)1-2-9(11)7-10/h1-2,4-5,7-8H,3,6H2,(H,14,15). The van der Waals surface area contributed by atoms with Crippen LogP contribution in [0.5, 0.6) is 0 Å². The van der Waals surface area contributed by atoms with Crippen LogP contribution in [0.3, 0.4) is 0 Å². The Kier molecular flexibility index (Phi) is 2.54. The number of halogens is 1. The van der Waals surface area contributed by atoms with Gasteiger partial charge in [-0.3, -0.25) is 4.79 Å². The second-order valence-corrected chi connectivity index (χ2v) is 3.67. The smallest absolute Gasteiger partial charge is 0.303 e. The maximum absolute atomic E-state index is 12.9. The Labute approximate surface area is 87.0 Å². The predicted molar refractivity (Wildman–Crippen MR) is 55.0 cm³/mol. The monoisotopic (exact) mass is 206 g/mol. The van der Waals surface area contributed by atoms with Crippen molar-refractivity contribution in [3.05, 3.63) is 41.2 Å². The minimum absolute atomic E-state index is 0.122. The van der Waals surface area contributed by atoms with Crippen LogP contribution in [0, 0.1) is 5.82 Å². The minimum Gasteiger partial charge on any atom is -0.481 e. The van der Waals surface area contributed by atoms with Crippen LogP contribution in [0.1, 0.15) is 29.9 Å². The van der Waals surface area contributed by atoms with Gasteiger partial charge in [0.15, 0.2) is 0 Å². The summed E-state index contributed by atoms with van der Waals surface area (Å²) in [5.74, 6) is -0.923. The fourth-order valence-corrected chi connectivity index (χ4v) is 1.88. The molecule has 3 heteroatoms. The number of hydrogen-bond acceptors (Lipinski definition) is 1. The van der Waals surface area contributed by atoms with Crippen LogP contribution in [0.4, 0.5) is 4.39 Å². The molecule has 0 aromatic heterocycles. The summed E-state index contributed by atoms with van der Waals surface area (Å²) in [6, 6.07) is 4.63. The van der Waals surface area contributed by atoms with Gasteiger partial charge in [-0.25, -0.2) is 4.39 Å². The Balaban J connectivity index is 2.15. The molecule has 0 saturated carbocycles. The molecule has 2 rings (SSSR count). The molecule has 78 valence electrons. The van der Waals surface area contributed by atoms with E-state index in [1.54, 1.807) is 6.07 Å². The highest BCUT2D eigenvalue weighted by atomic mass is 19.1. The van der Waals surface area contributed by atoms with Gasteiger partial charge in [0.1, 0.15) is 5.82 Å². The van der Waals surface area contributed by atoms with Crippen LogP contribution in [0.2, 0.25) is 0 Å². The number of rotatable bonds is 3. The molecule has 1 aromatic rings. The molecule has 0 radical (unpaired) electrons. The quantitative estimate of drug-likeness (QED) is 0.825. The van der Waals surface area contributed by atoms with E-state index in [2.05, 4.69) is 0 Å². The van der Waals surface area contributed by atoms with E-state index in [9.17, 15) is 9.18 Å². The average Bonchev–Trinajstić information content (AvgIpc) is 2.57. The van der Waals surface area contributed by atoms with E-state index >= 15 is 0 Å². The molecule has 0 amide bonds. The Hall–Kier alpha value is -1.64. The number of carboxylic acids is 1. The van der Waals surface area contributed by atoms with Crippen molar-refractivity contribution in [2.24, 2.45) is 0 Å². The molecule has 1 N–H and O–H groups in total. The molecular weight excluding hydrogens is 195 g/mol. The second-order valence-electron chi connectivity index (χ2n) is 3.67. The van der Waals surface area contributed by atoms with E-state index in [0.717, 1.165) is 11.1 Å². The normalized spacial score (nSPS) is 17.8. The third-order valence-corrected chi connectivity index (χ3v) is 2.63. The molecule has 15 heavy (non-hydrogen) atoms. The molecule has 0 aliphatic heterocycles. The van der Waals surface area contributed by atoms with Crippen molar-refractivity contribution in [2.45, 2.75) is 18.8 Å². The molecule has 1 unspecified atom stereocenters. The van der Waals surface area contributed by atoms with E-state index in [1.807, 2.05) is 12.2 Å². The average molecular weight is 206 g/mol. The summed E-state index contributed by atoms with van der Waals surface area (Å²) in [6.07, 6.45) is 4.51. The first-order valence-corrected chi connectivity index (χ1v) is 4.86. The van der Waals surface area contributed by atoms with Crippen LogP contribution in [0.25, 0.3) is 6.08 Å². The molecular formula is C12H11FO2. The maximum Gasteiger partial charge on any atom is 0.303 e. The largest absolute Gasteiger partial charge is 0.481 e. The lowest BCUT2D eigenvalue weighted by Gasteiger charge is -2.08. The molecule has 0 fully saturated rings. The Morgan fingerprint density at radius 3 is 3.00 bits per heavy atom. The summed E-state index contributed by atoms with van der Waals surface area (Å²) < 4.78 is 12.9. The number of benzene rings is 1. The first-order valence-electron chi connectivity index (χ1n) is 4.86. The minimum atomic E-state index is -0.793. The third-order valence-electron chi connectivity index (χ3n) is 2.63. The van der Waals surface area contributed by atoms with Crippen molar-refractivity contribution in [1.82, 2.24) is 0 Å². The van der Waals surface area contributed by atoms with Crippen molar-refractivity contribution >= 4 is 12.0 Å². The number of carbonyl (C=O) groups is 1. The molecule has 0 bridgehead atoms. The summed E-state index contributed by atoms with van der Waals surface area (Å²) in [5.41, 5.74) is 1.89. The summed E-state index contributed by atoms with van der Waals surface area (Å²) in [7, 11) is 0. The summed E-state index contributed by atoms with van der Waals surface area (Å²) in [5, 5.41) is 8.58. The number of fused-ring (bicyclic) bond motifs is 1. The van der Waals surface area contributed by atoms with Gasteiger partial charge in [0.25, 0.3) is 0 Å². The van der Waals surface area contributed by atoms with Crippen molar-refractivity contribution in [2.75, 3.05) is 0 Å². The third kappa shape index (κ3) is 2.06. The van der Waals surface area contributed by atoms with Crippen molar-refractivity contribution in [1.29, 1.82) is 0 Å². The van der Waals surface area contributed by atoms with Crippen LogP contribution in [0.15, 0.2) is 24.3 Å². The predicted octanol–water partition coefficient (Wildman–Crippen LogP) is 2.80. The Morgan fingerprint density at radius 1 is 1.47 bits per heavy atom. The molecule has 0 spiro atoms. The summed E-state index contributed by atoms with van der Waals surface area (Å²) in [4.78, 5) is 10.4. The highest BCUT2D eigenvalue weighted by molar-refractivity contribution is 5.68. The van der Waals surface area contributed by atoms with Crippen LogP contribution < -0.4 is 0 Å². The zero-order valence-corrected chi connectivity index (χ0v) is 8.11. The van der Waals surface area contributed by atoms with Gasteiger partial charge in [-0.2, -0.15) is 0 Å². The number of aliphatic carboxylic acids is 1. The first kappa shape index (κ1) is 9.90. The lowest BCUT2D eigenvalue weighted by Crippen LogP contribution is -2.00. The van der Waals surface area contributed by atoms with Gasteiger partial charge in [0.05, 0.1) is 0 Å². The molecule has 0 heterocycles. The maximum atomic E-state index is 12.9. The van der Waals surface area contributed by atoms with E-state index in [0.29, 0.717) is 6.42 Å². The zero-order valence-electron chi connectivity index (χ0n) is 8.11. The van der Waals surface area contributed by atoms with Crippen LogP contribution >= 0.6 is 0 Å².